The molecule has 208 valence electrons. The van der Waals surface area contributed by atoms with Crippen molar-refractivity contribution < 1.29 is 33.9 Å². The number of ketones is 1. The molecule has 0 saturated carbocycles. The summed E-state index contributed by atoms with van der Waals surface area (Å²) in [7, 11) is 2.82. The predicted octanol–water partition coefficient (Wildman–Crippen LogP) is 4.54. The lowest BCUT2D eigenvalue weighted by Crippen LogP contribution is -2.31. The Morgan fingerprint density at radius 2 is 1.80 bits per heavy atom. The summed E-state index contributed by atoms with van der Waals surface area (Å²) >= 11 is 0. The van der Waals surface area contributed by atoms with E-state index >= 15 is 0 Å². The highest BCUT2D eigenvalue weighted by atomic mass is 16.6. The Morgan fingerprint density at radius 1 is 1.05 bits per heavy atom. The SMILES string of the molecule is COC(=O)c1ccc([C@H]2C(=C(O)c3cccc([N+](=O)[O-])c3)C(=O)C(=O)N2CCc2c[nH]c3ccc(OC)cc23)cc1. The number of Topliss-reactive ketones (excluding diaryl/α,β-unsaturated/α-hetero) is 1. The van der Waals surface area contributed by atoms with Crippen LogP contribution in [0.4, 0.5) is 5.69 Å². The lowest BCUT2D eigenvalue weighted by molar-refractivity contribution is -0.384. The van der Waals surface area contributed by atoms with Crippen molar-refractivity contribution in [1.29, 1.82) is 0 Å². The Morgan fingerprint density at radius 3 is 2.49 bits per heavy atom. The van der Waals surface area contributed by atoms with Crippen LogP contribution in [0.25, 0.3) is 16.7 Å². The number of rotatable bonds is 8. The van der Waals surface area contributed by atoms with Gasteiger partial charge in [0.05, 0.1) is 36.3 Å². The van der Waals surface area contributed by atoms with Gasteiger partial charge >= 0.3 is 5.97 Å². The molecule has 0 bridgehead atoms. The van der Waals surface area contributed by atoms with Crippen molar-refractivity contribution >= 4 is 40.0 Å². The number of nitro benzene ring substituents is 1. The number of hydrogen-bond acceptors (Lipinski definition) is 8. The van der Waals surface area contributed by atoms with Gasteiger partial charge < -0.3 is 24.5 Å². The Labute approximate surface area is 233 Å². The van der Waals surface area contributed by atoms with Crippen LogP contribution in [0.2, 0.25) is 0 Å². The Kier molecular flexibility index (Phi) is 7.26. The molecule has 2 N–H and O–H groups in total. The number of hydrogen-bond donors (Lipinski definition) is 2. The number of carbonyl (C=O) groups excluding carboxylic acids is 3. The lowest BCUT2D eigenvalue weighted by Gasteiger charge is -2.25. The maximum absolute atomic E-state index is 13.4. The molecule has 41 heavy (non-hydrogen) atoms. The average Bonchev–Trinajstić information content (AvgIpc) is 3.52. The van der Waals surface area contributed by atoms with E-state index in [1.54, 1.807) is 19.2 Å². The number of nitrogens with zero attached hydrogens (tertiary/aromatic N) is 2. The molecule has 0 aliphatic carbocycles. The second-order valence-electron chi connectivity index (χ2n) is 9.39. The van der Waals surface area contributed by atoms with Gasteiger partial charge in [-0.15, -0.1) is 0 Å². The summed E-state index contributed by atoms with van der Waals surface area (Å²) in [4.78, 5) is 54.0. The standard InChI is InChI=1S/C30H25N3O8/c1-40-22-10-11-24-23(15-22)20(16-31-24)12-13-32-26(17-6-8-18(9-7-17)30(37)41-2)25(28(35)29(32)36)27(34)19-4-3-5-21(14-19)33(38)39/h3-11,14-16,26,31,34H,12-13H2,1-2H3/t26-/m0/s1. The minimum absolute atomic E-state index is 0.0251. The molecule has 1 fully saturated rings. The molecule has 1 aromatic heterocycles. The zero-order chi connectivity index (χ0) is 29.3. The predicted molar refractivity (Wildman–Crippen MR) is 148 cm³/mol. The van der Waals surface area contributed by atoms with E-state index in [1.165, 1.54) is 42.3 Å². The molecule has 5 rings (SSSR count). The van der Waals surface area contributed by atoms with Crippen LogP contribution in [-0.2, 0) is 20.7 Å². The monoisotopic (exact) mass is 555 g/mol. The molecule has 0 unspecified atom stereocenters. The van der Waals surface area contributed by atoms with Gasteiger partial charge in [0.1, 0.15) is 11.5 Å². The van der Waals surface area contributed by atoms with Crippen LogP contribution in [0.15, 0.2) is 78.5 Å². The van der Waals surface area contributed by atoms with E-state index in [4.69, 9.17) is 9.47 Å². The molecular formula is C30H25N3O8. The minimum atomic E-state index is -1.01. The van der Waals surface area contributed by atoms with Gasteiger partial charge in [-0.2, -0.15) is 0 Å². The van der Waals surface area contributed by atoms with Crippen molar-refractivity contribution in [2.75, 3.05) is 20.8 Å². The molecule has 0 radical (unpaired) electrons. The number of non-ortho nitro benzene ring substituents is 1. The van der Waals surface area contributed by atoms with Crippen LogP contribution < -0.4 is 4.74 Å². The van der Waals surface area contributed by atoms with E-state index < -0.39 is 34.4 Å². The molecule has 1 atom stereocenters. The first kappa shape index (κ1) is 27.1. The number of aromatic nitrogens is 1. The van der Waals surface area contributed by atoms with E-state index in [0.717, 1.165) is 22.5 Å². The fourth-order valence-electron chi connectivity index (χ4n) is 5.03. The third-order valence-electron chi connectivity index (χ3n) is 7.11. The summed E-state index contributed by atoms with van der Waals surface area (Å²) in [6, 6.07) is 15.9. The molecule has 1 aliphatic heterocycles. The van der Waals surface area contributed by atoms with Crippen molar-refractivity contribution in [3.63, 3.8) is 0 Å². The number of carbonyl (C=O) groups is 3. The fraction of sp³-hybridized carbons (Fsp3) is 0.167. The fourth-order valence-corrected chi connectivity index (χ4v) is 5.03. The Bertz CT molecular complexity index is 1720. The molecular weight excluding hydrogens is 530 g/mol. The van der Waals surface area contributed by atoms with Crippen LogP contribution in [0, 0.1) is 10.1 Å². The number of likely N-dealkylation sites (tertiary alicyclic amines) is 1. The van der Waals surface area contributed by atoms with Crippen LogP contribution >= 0.6 is 0 Å². The first-order valence-corrected chi connectivity index (χ1v) is 12.6. The summed E-state index contributed by atoms with van der Waals surface area (Å²) in [5, 5.41) is 23.5. The first-order chi connectivity index (χ1) is 19.7. The summed E-state index contributed by atoms with van der Waals surface area (Å²) in [6.45, 7) is 0.115. The van der Waals surface area contributed by atoms with E-state index in [-0.39, 0.29) is 28.9 Å². The molecule has 11 nitrogen and oxygen atoms in total. The molecule has 11 heteroatoms. The molecule has 4 aromatic rings. The summed E-state index contributed by atoms with van der Waals surface area (Å²) < 4.78 is 10.1. The lowest BCUT2D eigenvalue weighted by atomic mass is 9.94. The number of aromatic amines is 1. The highest BCUT2D eigenvalue weighted by Crippen LogP contribution is 2.40. The number of methoxy groups -OCH3 is 2. The largest absolute Gasteiger partial charge is 0.507 e. The number of benzene rings is 3. The molecule has 1 aliphatic rings. The number of nitrogens with one attached hydrogen (secondary N) is 1. The molecule has 2 heterocycles. The Hall–Kier alpha value is -5.45. The summed E-state index contributed by atoms with van der Waals surface area (Å²) in [5.74, 6) is -2.17. The number of fused-ring (bicyclic) bond motifs is 1. The van der Waals surface area contributed by atoms with Gasteiger partial charge in [0, 0.05) is 41.3 Å². The third-order valence-corrected chi connectivity index (χ3v) is 7.11. The van der Waals surface area contributed by atoms with Gasteiger partial charge in [-0.3, -0.25) is 19.7 Å². The second-order valence-corrected chi connectivity index (χ2v) is 9.39. The van der Waals surface area contributed by atoms with Crippen molar-refractivity contribution in [3.8, 4) is 5.75 Å². The number of aliphatic hydroxyl groups excluding tert-OH is 1. The Balaban J connectivity index is 1.58. The quantitative estimate of drug-likeness (QED) is 0.0803. The highest BCUT2D eigenvalue weighted by molar-refractivity contribution is 6.46. The first-order valence-electron chi connectivity index (χ1n) is 12.6. The maximum Gasteiger partial charge on any atom is 0.337 e. The zero-order valence-corrected chi connectivity index (χ0v) is 22.1. The smallest absolute Gasteiger partial charge is 0.337 e. The zero-order valence-electron chi connectivity index (χ0n) is 22.1. The molecule has 1 amide bonds. The highest BCUT2D eigenvalue weighted by Gasteiger charge is 2.46. The van der Waals surface area contributed by atoms with Gasteiger partial charge in [-0.1, -0.05) is 24.3 Å². The van der Waals surface area contributed by atoms with E-state index in [9.17, 15) is 29.6 Å². The number of ether oxygens (including phenoxy) is 2. The average molecular weight is 556 g/mol. The van der Waals surface area contributed by atoms with E-state index in [1.807, 2.05) is 24.4 Å². The van der Waals surface area contributed by atoms with E-state index in [2.05, 4.69) is 4.98 Å². The van der Waals surface area contributed by atoms with Gasteiger partial charge in [-0.25, -0.2) is 4.79 Å². The van der Waals surface area contributed by atoms with Crippen molar-refractivity contribution in [1.82, 2.24) is 9.88 Å². The number of amides is 1. The number of nitro groups is 1. The van der Waals surface area contributed by atoms with Crippen LogP contribution in [0.1, 0.15) is 33.1 Å². The van der Waals surface area contributed by atoms with Gasteiger partial charge in [-0.05, 0) is 47.9 Å². The molecule has 1 saturated heterocycles. The summed E-state index contributed by atoms with van der Waals surface area (Å²) in [5.41, 5.74) is 2.03. The topological polar surface area (TPSA) is 152 Å². The van der Waals surface area contributed by atoms with E-state index in [0.29, 0.717) is 17.7 Å². The van der Waals surface area contributed by atoms with Gasteiger partial charge in [0.2, 0.25) is 0 Å². The third kappa shape index (κ3) is 5.00. The minimum Gasteiger partial charge on any atom is -0.507 e. The van der Waals surface area contributed by atoms with Gasteiger partial charge in [0.15, 0.2) is 0 Å². The van der Waals surface area contributed by atoms with Crippen molar-refractivity contribution in [2.45, 2.75) is 12.5 Å². The summed E-state index contributed by atoms with van der Waals surface area (Å²) in [6.07, 6.45) is 2.19. The second kappa shape index (κ2) is 11.0. The maximum atomic E-state index is 13.4. The van der Waals surface area contributed by atoms with Crippen molar-refractivity contribution in [3.05, 3.63) is 111 Å². The van der Waals surface area contributed by atoms with Crippen LogP contribution in [-0.4, -0.2) is 58.3 Å². The number of aliphatic hydroxyl groups is 1. The van der Waals surface area contributed by atoms with Crippen molar-refractivity contribution in [2.24, 2.45) is 0 Å². The van der Waals surface area contributed by atoms with Gasteiger partial charge in [0.25, 0.3) is 17.4 Å². The normalized spacial score (nSPS) is 16.2. The molecule has 0 spiro atoms. The molecule has 3 aromatic carbocycles. The number of esters is 1. The van der Waals surface area contributed by atoms with Crippen LogP contribution in [0.5, 0.6) is 5.75 Å². The van der Waals surface area contributed by atoms with Crippen LogP contribution in [0.3, 0.4) is 0 Å². The number of H-pyrrole nitrogens is 1.